The fraction of sp³-hybridized carbons (Fsp3) is 0.333. The van der Waals surface area contributed by atoms with E-state index in [-0.39, 0.29) is 11.5 Å². The van der Waals surface area contributed by atoms with Gasteiger partial charge in [-0.3, -0.25) is 0 Å². The Morgan fingerprint density at radius 2 is 2.12 bits per heavy atom. The van der Waals surface area contributed by atoms with Gasteiger partial charge in [-0.1, -0.05) is 0 Å². The molecule has 4 nitrogen and oxygen atoms in total. The molecule has 7 heteroatoms. The number of thiophene rings is 1. The van der Waals surface area contributed by atoms with E-state index < -0.39 is 22.7 Å². The lowest BCUT2D eigenvalue weighted by Crippen LogP contribution is -2.27. The van der Waals surface area contributed by atoms with Gasteiger partial charge >= 0.3 is 17.9 Å². The molecule has 0 atom stereocenters. The number of halogens is 2. The number of esters is 1. The molecule has 1 rings (SSSR count). The van der Waals surface area contributed by atoms with Crippen molar-refractivity contribution in [2.75, 3.05) is 6.61 Å². The Kier molecular flexibility index (Phi) is 3.58. The predicted molar refractivity (Wildman–Crippen MR) is 51.8 cm³/mol. The number of alkyl halides is 2. The van der Waals surface area contributed by atoms with Crippen molar-refractivity contribution < 1.29 is 28.2 Å². The average Bonchev–Trinajstić information content (AvgIpc) is 2.67. The highest BCUT2D eigenvalue weighted by Gasteiger charge is 2.44. The number of ether oxygens (including phenoxy) is 1. The maximum atomic E-state index is 13.4. The normalized spacial score (nSPS) is 11.2. The molecule has 16 heavy (non-hydrogen) atoms. The minimum atomic E-state index is -3.80. The van der Waals surface area contributed by atoms with E-state index in [1.807, 2.05) is 0 Å². The van der Waals surface area contributed by atoms with Crippen LogP contribution in [0, 0.1) is 0 Å². The maximum Gasteiger partial charge on any atom is 0.382 e. The molecule has 0 saturated carbocycles. The summed E-state index contributed by atoms with van der Waals surface area (Å²) in [4.78, 5) is 20.5. The summed E-state index contributed by atoms with van der Waals surface area (Å²) in [6.45, 7) is 1.25. The zero-order chi connectivity index (χ0) is 12.3. The van der Waals surface area contributed by atoms with Crippen molar-refractivity contribution in [2.45, 2.75) is 12.8 Å². The second-order valence-electron chi connectivity index (χ2n) is 2.76. The van der Waals surface area contributed by atoms with Crippen LogP contribution in [-0.2, 0) is 15.5 Å². The van der Waals surface area contributed by atoms with Crippen molar-refractivity contribution >= 4 is 23.3 Å². The maximum absolute atomic E-state index is 13.4. The summed E-state index contributed by atoms with van der Waals surface area (Å²) in [6.07, 6.45) is 0. The van der Waals surface area contributed by atoms with Gasteiger partial charge in [0.05, 0.1) is 11.5 Å². The Morgan fingerprint density at radius 1 is 1.50 bits per heavy atom. The van der Waals surface area contributed by atoms with Crippen molar-refractivity contribution in [1.29, 1.82) is 0 Å². The largest absolute Gasteiger partial charge is 0.477 e. The number of hydrogen-bond donors (Lipinski definition) is 1. The summed E-state index contributed by atoms with van der Waals surface area (Å²) in [5.41, 5.74) is 0. The minimum Gasteiger partial charge on any atom is -0.477 e. The molecule has 0 aliphatic rings. The molecule has 0 radical (unpaired) electrons. The fourth-order valence-electron chi connectivity index (χ4n) is 0.944. The molecule has 0 unspecified atom stereocenters. The Balaban J connectivity index is 2.97. The first-order valence-electron chi connectivity index (χ1n) is 4.28. The van der Waals surface area contributed by atoms with Crippen molar-refractivity contribution in [3.63, 3.8) is 0 Å². The quantitative estimate of drug-likeness (QED) is 0.831. The van der Waals surface area contributed by atoms with Crippen LogP contribution in [0.2, 0.25) is 0 Å². The van der Waals surface area contributed by atoms with Crippen molar-refractivity contribution in [2.24, 2.45) is 0 Å². The first-order valence-corrected chi connectivity index (χ1v) is 5.10. The van der Waals surface area contributed by atoms with Gasteiger partial charge in [0.25, 0.3) is 0 Å². The molecule has 0 aromatic carbocycles. The van der Waals surface area contributed by atoms with Gasteiger partial charge in [0.15, 0.2) is 0 Å². The van der Waals surface area contributed by atoms with Gasteiger partial charge in [0, 0.05) is 0 Å². The predicted octanol–water partition coefficient (Wildman–Crippen LogP) is 2.10. The molecular formula is C9H8F2O4S. The van der Waals surface area contributed by atoms with Crippen LogP contribution in [0.15, 0.2) is 12.1 Å². The van der Waals surface area contributed by atoms with Gasteiger partial charge in [-0.15, -0.1) is 11.3 Å². The highest BCUT2D eigenvalue weighted by Crippen LogP contribution is 2.34. The number of aromatic carboxylic acids is 1. The zero-order valence-electron chi connectivity index (χ0n) is 8.20. The van der Waals surface area contributed by atoms with Crippen LogP contribution < -0.4 is 0 Å². The average molecular weight is 250 g/mol. The second-order valence-corrected chi connectivity index (χ2v) is 3.85. The van der Waals surface area contributed by atoms with Crippen LogP contribution in [0.1, 0.15) is 21.5 Å². The van der Waals surface area contributed by atoms with Crippen LogP contribution in [0.5, 0.6) is 0 Å². The second kappa shape index (κ2) is 4.56. The number of carbonyl (C=O) groups is 2. The fourth-order valence-corrected chi connectivity index (χ4v) is 1.75. The van der Waals surface area contributed by atoms with Gasteiger partial charge in [-0.25, -0.2) is 9.59 Å². The van der Waals surface area contributed by atoms with Gasteiger partial charge < -0.3 is 9.84 Å². The third kappa shape index (κ3) is 2.35. The van der Waals surface area contributed by atoms with Crippen LogP contribution in [0.3, 0.4) is 0 Å². The van der Waals surface area contributed by atoms with E-state index >= 15 is 0 Å². The number of hydrogen-bond acceptors (Lipinski definition) is 4. The Bertz CT molecular complexity index is 413. The molecule has 0 spiro atoms. The molecule has 1 N–H and O–H groups in total. The van der Waals surface area contributed by atoms with Gasteiger partial charge in [0.2, 0.25) is 0 Å². The van der Waals surface area contributed by atoms with E-state index in [9.17, 15) is 18.4 Å². The Labute approximate surface area is 93.5 Å². The number of carboxylic acid groups (broad SMARTS) is 1. The molecule has 1 aromatic rings. The molecule has 0 amide bonds. The van der Waals surface area contributed by atoms with E-state index in [0.717, 1.165) is 12.1 Å². The van der Waals surface area contributed by atoms with Gasteiger partial charge in [-0.05, 0) is 19.1 Å². The highest BCUT2D eigenvalue weighted by atomic mass is 32.1. The molecule has 0 fully saturated rings. The molecule has 0 aliphatic carbocycles. The summed E-state index contributed by atoms with van der Waals surface area (Å²) in [7, 11) is 0. The third-order valence-corrected chi connectivity index (χ3v) is 2.80. The molecule has 0 saturated heterocycles. The number of rotatable bonds is 4. The van der Waals surface area contributed by atoms with Gasteiger partial charge in [0.1, 0.15) is 4.88 Å². The lowest BCUT2D eigenvalue weighted by Gasteiger charge is -2.12. The minimum absolute atomic E-state index is 0.161. The molecule has 0 aliphatic heterocycles. The van der Waals surface area contributed by atoms with Crippen LogP contribution >= 0.6 is 11.3 Å². The molecular weight excluding hydrogens is 242 g/mol. The van der Waals surface area contributed by atoms with E-state index in [4.69, 9.17) is 5.11 Å². The summed E-state index contributed by atoms with van der Waals surface area (Å²) >= 11 is 0.352. The summed E-state index contributed by atoms with van der Waals surface area (Å²) in [5, 5.41) is 8.56. The topological polar surface area (TPSA) is 63.6 Å². The number of carbonyl (C=O) groups excluding carboxylic acids is 1. The van der Waals surface area contributed by atoms with E-state index in [1.54, 1.807) is 0 Å². The molecule has 88 valence electrons. The summed E-state index contributed by atoms with van der Waals surface area (Å²) in [5.74, 6) is -6.78. The highest BCUT2D eigenvalue weighted by molar-refractivity contribution is 7.14. The van der Waals surface area contributed by atoms with Gasteiger partial charge in [-0.2, -0.15) is 8.78 Å². The monoisotopic (exact) mass is 250 g/mol. The standard InChI is InChI=1S/C9H8F2O4S/c1-2-15-8(14)9(10,11)6-4-3-5(16-6)7(12)13/h3-4H,2H2,1H3,(H,12,13). The smallest absolute Gasteiger partial charge is 0.382 e. The molecule has 1 heterocycles. The third-order valence-electron chi connectivity index (χ3n) is 1.66. The SMILES string of the molecule is CCOC(=O)C(F)(F)c1ccc(C(=O)O)s1. The molecule has 1 aromatic heterocycles. The van der Waals surface area contributed by atoms with E-state index in [2.05, 4.69) is 4.74 Å². The molecule has 0 bridgehead atoms. The van der Waals surface area contributed by atoms with Crippen LogP contribution in [0.4, 0.5) is 8.78 Å². The Morgan fingerprint density at radius 3 is 2.56 bits per heavy atom. The lowest BCUT2D eigenvalue weighted by molar-refractivity contribution is -0.172. The first-order chi connectivity index (χ1) is 7.39. The first kappa shape index (κ1) is 12.6. The number of carboxylic acids is 1. The summed E-state index contributed by atoms with van der Waals surface area (Å²) < 4.78 is 30.9. The van der Waals surface area contributed by atoms with Crippen molar-refractivity contribution in [3.8, 4) is 0 Å². The summed E-state index contributed by atoms with van der Waals surface area (Å²) in [6, 6.07) is 1.93. The van der Waals surface area contributed by atoms with E-state index in [0.29, 0.717) is 11.3 Å². The lowest BCUT2D eigenvalue weighted by atomic mass is 10.3. The Hall–Kier alpha value is -1.50. The van der Waals surface area contributed by atoms with E-state index in [1.165, 1.54) is 6.92 Å². The van der Waals surface area contributed by atoms with Crippen molar-refractivity contribution in [3.05, 3.63) is 21.9 Å². The zero-order valence-corrected chi connectivity index (χ0v) is 9.01. The van der Waals surface area contributed by atoms with Crippen LogP contribution in [0.25, 0.3) is 0 Å². The van der Waals surface area contributed by atoms with Crippen molar-refractivity contribution in [1.82, 2.24) is 0 Å². The van der Waals surface area contributed by atoms with Crippen LogP contribution in [-0.4, -0.2) is 23.7 Å².